The third-order valence-corrected chi connectivity index (χ3v) is 5.36. The quantitative estimate of drug-likeness (QED) is 0.547. The molecule has 0 saturated heterocycles. The Bertz CT molecular complexity index is 600. The van der Waals surface area contributed by atoms with E-state index < -0.39 is 0 Å². The molecular weight excluding hydrogens is 283 g/mol. The Labute approximate surface area is 131 Å². The van der Waals surface area contributed by atoms with E-state index in [0.717, 1.165) is 10.9 Å². The number of hydrogen-bond acceptors (Lipinski definition) is 0. The van der Waals surface area contributed by atoms with E-state index in [1.807, 2.05) is 30.3 Å². The van der Waals surface area contributed by atoms with Crippen LogP contribution in [0.25, 0.3) is 10.8 Å². The zero-order valence-corrected chi connectivity index (χ0v) is 13.1. The zero-order chi connectivity index (χ0) is 14.7. The van der Waals surface area contributed by atoms with Crippen molar-refractivity contribution in [2.75, 3.05) is 0 Å². The summed E-state index contributed by atoms with van der Waals surface area (Å²) in [6, 6.07) is 11.1. The van der Waals surface area contributed by atoms with Crippen molar-refractivity contribution in [3.63, 3.8) is 0 Å². The van der Waals surface area contributed by atoms with Gasteiger partial charge in [-0.05, 0) is 35.8 Å². The molecule has 2 aromatic rings. The molecule has 3 rings (SSSR count). The molecular formula is C19H22ClF. The van der Waals surface area contributed by atoms with Crippen LogP contribution in [-0.4, -0.2) is 0 Å². The summed E-state index contributed by atoms with van der Waals surface area (Å²) in [5.41, 5.74) is 1.10. The van der Waals surface area contributed by atoms with Gasteiger partial charge in [0.25, 0.3) is 0 Å². The molecule has 2 aromatic carbocycles. The van der Waals surface area contributed by atoms with Gasteiger partial charge in [0.1, 0.15) is 5.82 Å². The molecule has 0 amide bonds. The second-order valence-electron chi connectivity index (χ2n) is 6.19. The first-order chi connectivity index (χ1) is 10.3. The van der Waals surface area contributed by atoms with Gasteiger partial charge in [-0.2, -0.15) is 0 Å². The fourth-order valence-electron chi connectivity index (χ4n) is 3.56. The Hall–Kier alpha value is -1.08. The van der Waals surface area contributed by atoms with Crippen molar-refractivity contribution >= 4 is 22.4 Å². The number of benzene rings is 2. The molecule has 1 atom stereocenters. The lowest BCUT2D eigenvalue weighted by atomic mass is 9.85. The molecule has 1 unspecified atom stereocenters. The maximum absolute atomic E-state index is 13.9. The number of alkyl halides is 1. The molecule has 0 aliphatic heterocycles. The van der Waals surface area contributed by atoms with Gasteiger partial charge < -0.3 is 0 Å². The summed E-state index contributed by atoms with van der Waals surface area (Å²) in [6.45, 7) is 0. The van der Waals surface area contributed by atoms with E-state index in [2.05, 4.69) is 0 Å². The van der Waals surface area contributed by atoms with Crippen molar-refractivity contribution < 1.29 is 4.39 Å². The van der Waals surface area contributed by atoms with Gasteiger partial charge in [0.2, 0.25) is 0 Å². The topological polar surface area (TPSA) is 0 Å². The standard InChI is InChI=1S/C19H22ClF/c20-19(14-8-4-2-1-3-5-9-14)17-12-13-18(21)16-11-7-6-10-15(16)17/h6-7,10-14,19H,1-5,8-9H2. The second-order valence-corrected chi connectivity index (χ2v) is 6.66. The minimum atomic E-state index is -0.157. The third kappa shape index (κ3) is 3.23. The monoisotopic (exact) mass is 304 g/mol. The van der Waals surface area contributed by atoms with Crippen LogP contribution >= 0.6 is 11.6 Å². The van der Waals surface area contributed by atoms with Gasteiger partial charge >= 0.3 is 0 Å². The van der Waals surface area contributed by atoms with Crippen LogP contribution in [0.2, 0.25) is 0 Å². The Morgan fingerprint density at radius 3 is 2.19 bits per heavy atom. The summed E-state index contributed by atoms with van der Waals surface area (Å²) < 4.78 is 13.9. The van der Waals surface area contributed by atoms with Crippen molar-refractivity contribution in [3.05, 3.63) is 47.8 Å². The van der Waals surface area contributed by atoms with E-state index in [-0.39, 0.29) is 11.2 Å². The van der Waals surface area contributed by atoms with E-state index in [1.54, 1.807) is 6.07 Å². The first-order valence-electron chi connectivity index (χ1n) is 8.08. The van der Waals surface area contributed by atoms with Crippen LogP contribution in [0, 0.1) is 11.7 Å². The maximum Gasteiger partial charge on any atom is 0.131 e. The Morgan fingerprint density at radius 2 is 1.48 bits per heavy atom. The Balaban J connectivity index is 1.93. The van der Waals surface area contributed by atoms with Gasteiger partial charge in [-0.25, -0.2) is 4.39 Å². The molecule has 0 nitrogen and oxygen atoms in total. The fraction of sp³-hybridized carbons (Fsp3) is 0.474. The van der Waals surface area contributed by atoms with Crippen molar-refractivity contribution in [1.82, 2.24) is 0 Å². The molecule has 0 spiro atoms. The molecule has 1 fully saturated rings. The Morgan fingerprint density at radius 1 is 0.857 bits per heavy atom. The summed E-state index contributed by atoms with van der Waals surface area (Å²) >= 11 is 6.82. The van der Waals surface area contributed by atoms with Crippen LogP contribution in [0.1, 0.15) is 55.9 Å². The van der Waals surface area contributed by atoms with E-state index in [9.17, 15) is 4.39 Å². The smallest absolute Gasteiger partial charge is 0.131 e. The molecule has 0 heterocycles. The molecule has 2 heteroatoms. The molecule has 0 aromatic heterocycles. The lowest BCUT2D eigenvalue weighted by molar-refractivity contribution is 0.369. The number of rotatable bonds is 2. The van der Waals surface area contributed by atoms with Crippen LogP contribution < -0.4 is 0 Å². The van der Waals surface area contributed by atoms with Gasteiger partial charge in [-0.3, -0.25) is 0 Å². The largest absolute Gasteiger partial charge is 0.206 e. The van der Waals surface area contributed by atoms with E-state index in [4.69, 9.17) is 11.6 Å². The molecule has 1 aliphatic rings. The van der Waals surface area contributed by atoms with Gasteiger partial charge in [-0.15, -0.1) is 11.6 Å². The van der Waals surface area contributed by atoms with Gasteiger partial charge in [0, 0.05) is 5.39 Å². The molecule has 1 aliphatic carbocycles. The van der Waals surface area contributed by atoms with Crippen molar-refractivity contribution in [3.8, 4) is 0 Å². The molecule has 1 saturated carbocycles. The van der Waals surface area contributed by atoms with Crippen LogP contribution in [0.3, 0.4) is 0 Å². The van der Waals surface area contributed by atoms with E-state index in [0.29, 0.717) is 11.3 Å². The number of halogens is 2. The van der Waals surface area contributed by atoms with Gasteiger partial charge in [0.15, 0.2) is 0 Å². The van der Waals surface area contributed by atoms with E-state index in [1.165, 1.54) is 44.9 Å². The highest BCUT2D eigenvalue weighted by Gasteiger charge is 2.23. The summed E-state index contributed by atoms with van der Waals surface area (Å²) in [5, 5.41) is 1.65. The fourth-order valence-corrected chi connectivity index (χ4v) is 4.00. The average Bonchev–Trinajstić information content (AvgIpc) is 2.47. The molecule has 112 valence electrons. The number of fused-ring (bicyclic) bond motifs is 1. The summed E-state index contributed by atoms with van der Waals surface area (Å²) in [5.74, 6) is 0.358. The first-order valence-corrected chi connectivity index (χ1v) is 8.52. The molecule has 0 bridgehead atoms. The van der Waals surface area contributed by atoms with Crippen LogP contribution in [0.15, 0.2) is 36.4 Å². The lowest BCUT2D eigenvalue weighted by Crippen LogP contribution is -2.11. The third-order valence-electron chi connectivity index (χ3n) is 4.77. The summed E-state index contributed by atoms with van der Waals surface area (Å²) in [7, 11) is 0. The number of hydrogen-bond donors (Lipinski definition) is 0. The Kier molecular flexibility index (Phi) is 4.80. The minimum absolute atomic E-state index is 0.00593. The van der Waals surface area contributed by atoms with E-state index >= 15 is 0 Å². The van der Waals surface area contributed by atoms with Crippen molar-refractivity contribution in [2.45, 2.75) is 50.3 Å². The average molecular weight is 305 g/mol. The first kappa shape index (κ1) is 14.8. The lowest BCUT2D eigenvalue weighted by Gasteiger charge is -2.25. The predicted octanol–water partition coefficient (Wildman–Crippen LogP) is 6.62. The highest BCUT2D eigenvalue weighted by Crippen LogP contribution is 2.40. The minimum Gasteiger partial charge on any atom is -0.206 e. The molecule has 0 N–H and O–H groups in total. The SMILES string of the molecule is Fc1ccc(C(Cl)C2CCCCCCC2)c2ccccc12. The summed E-state index contributed by atoms with van der Waals surface area (Å²) in [6.07, 6.45) is 8.94. The zero-order valence-electron chi connectivity index (χ0n) is 12.3. The van der Waals surface area contributed by atoms with Crippen molar-refractivity contribution in [2.24, 2.45) is 5.92 Å². The highest BCUT2D eigenvalue weighted by atomic mass is 35.5. The van der Waals surface area contributed by atoms with Crippen LogP contribution in [-0.2, 0) is 0 Å². The second kappa shape index (κ2) is 6.79. The van der Waals surface area contributed by atoms with Crippen molar-refractivity contribution in [1.29, 1.82) is 0 Å². The van der Waals surface area contributed by atoms with Crippen LogP contribution in [0.5, 0.6) is 0 Å². The predicted molar refractivity (Wildman–Crippen MR) is 88.3 cm³/mol. The van der Waals surface area contributed by atoms with Crippen LogP contribution in [0.4, 0.5) is 4.39 Å². The molecule has 21 heavy (non-hydrogen) atoms. The molecule has 0 radical (unpaired) electrons. The van der Waals surface area contributed by atoms with Gasteiger partial charge in [-0.1, -0.05) is 62.4 Å². The summed E-state index contributed by atoms with van der Waals surface area (Å²) in [4.78, 5) is 0. The van der Waals surface area contributed by atoms with Gasteiger partial charge in [0.05, 0.1) is 5.38 Å². The highest BCUT2D eigenvalue weighted by molar-refractivity contribution is 6.22. The maximum atomic E-state index is 13.9. The normalized spacial score (nSPS) is 19.1.